The molecule has 5 unspecified atom stereocenters. The van der Waals surface area contributed by atoms with E-state index in [1.54, 1.807) is 38.1 Å². The van der Waals surface area contributed by atoms with Crippen molar-refractivity contribution in [3.8, 4) is 24.0 Å². The first kappa shape index (κ1) is 21.4. The summed E-state index contributed by atoms with van der Waals surface area (Å²) >= 11 is 5.69. The van der Waals surface area contributed by atoms with Crippen molar-refractivity contribution in [3.63, 3.8) is 0 Å². The third-order valence-corrected chi connectivity index (χ3v) is 7.03. The minimum Gasteiger partial charge on any atom is -0.497 e. The number of carbonyl (C=O) groups is 2. The van der Waals surface area contributed by atoms with Crippen molar-refractivity contribution in [2.45, 2.75) is 25.4 Å². The number of carbonyl (C=O) groups excluding carboxylic acids is 2. The highest BCUT2D eigenvalue weighted by atomic mass is 35.5. The number of nitrogens with zero attached hydrogens (tertiary/aromatic N) is 3. The number of ether oxygens (including phenoxy) is 1. The summed E-state index contributed by atoms with van der Waals surface area (Å²) in [5, 5.41) is 36.1. The number of benzene rings is 1. The predicted octanol–water partition coefficient (Wildman–Crippen LogP) is 1.79. The highest BCUT2D eigenvalue weighted by Crippen LogP contribution is 2.66. The van der Waals surface area contributed by atoms with Gasteiger partial charge in [0.15, 0.2) is 10.8 Å². The van der Waals surface area contributed by atoms with Crippen molar-refractivity contribution in [1.82, 2.24) is 10.6 Å². The van der Waals surface area contributed by atoms with Crippen LogP contribution < -0.4 is 15.4 Å². The van der Waals surface area contributed by atoms with Crippen molar-refractivity contribution in [1.29, 1.82) is 15.8 Å². The van der Waals surface area contributed by atoms with Gasteiger partial charge in [0.1, 0.15) is 17.3 Å². The Kier molecular flexibility index (Phi) is 5.14. The van der Waals surface area contributed by atoms with Gasteiger partial charge in [0.2, 0.25) is 11.8 Å². The summed E-state index contributed by atoms with van der Waals surface area (Å²) in [5.74, 6) is -3.38. The lowest BCUT2D eigenvalue weighted by Gasteiger charge is -2.54. The molecule has 3 rings (SSSR count). The number of nitrogens with one attached hydrogen (secondary N) is 2. The van der Waals surface area contributed by atoms with Crippen LogP contribution in [-0.4, -0.2) is 30.5 Å². The topological polar surface area (TPSA) is 139 Å². The number of nitriles is 3. The molecule has 2 bridgehead atoms. The second-order valence-corrected chi connectivity index (χ2v) is 7.98. The molecule has 0 radical (unpaired) electrons. The summed E-state index contributed by atoms with van der Waals surface area (Å²) in [5.41, 5.74) is -4.74. The lowest BCUT2D eigenvalue weighted by atomic mass is 9.44. The Morgan fingerprint density at radius 1 is 1.20 bits per heavy atom. The Labute approximate surface area is 179 Å². The standard InChI is InChI=1S/C21H20ClN5O3/c1-12-17(14-4-6-15(30-3)7-5-14)19(9-23,10-24)20(11-25)13(2)21(12,27-18(20)29)26-16(28)8-22/h4-7,12-13,17H,8H2,1-3H3,(H,26,28)(H,27,29). The summed E-state index contributed by atoms with van der Waals surface area (Å²) in [6.45, 7) is 3.34. The van der Waals surface area contributed by atoms with Gasteiger partial charge in [0.25, 0.3) is 0 Å². The molecule has 1 aromatic rings. The van der Waals surface area contributed by atoms with Gasteiger partial charge in [0.05, 0.1) is 25.3 Å². The van der Waals surface area contributed by atoms with Crippen LogP contribution in [0.2, 0.25) is 0 Å². The normalized spacial score (nSPS) is 33.4. The second-order valence-electron chi connectivity index (χ2n) is 7.72. The molecule has 1 aliphatic heterocycles. The predicted molar refractivity (Wildman–Crippen MR) is 106 cm³/mol. The number of methoxy groups -OCH3 is 1. The molecule has 2 N–H and O–H groups in total. The van der Waals surface area contributed by atoms with E-state index in [0.29, 0.717) is 11.3 Å². The highest BCUT2D eigenvalue weighted by Gasteiger charge is 2.80. The fourth-order valence-corrected chi connectivity index (χ4v) is 5.36. The molecule has 9 heteroatoms. The monoisotopic (exact) mass is 425 g/mol. The zero-order chi connectivity index (χ0) is 22.3. The molecule has 2 fully saturated rings. The first-order valence-corrected chi connectivity index (χ1v) is 9.85. The van der Waals surface area contributed by atoms with Crippen LogP contribution in [0.1, 0.15) is 25.3 Å². The van der Waals surface area contributed by atoms with Gasteiger partial charge < -0.3 is 15.4 Å². The fraction of sp³-hybridized carbons (Fsp3) is 0.476. The smallest absolute Gasteiger partial charge is 0.245 e. The Morgan fingerprint density at radius 2 is 1.80 bits per heavy atom. The average Bonchev–Trinajstić information content (AvgIpc) is 2.95. The minimum absolute atomic E-state index is 0.342. The van der Waals surface area contributed by atoms with Crippen LogP contribution in [0, 0.1) is 56.7 Å². The molecule has 30 heavy (non-hydrogen) atoms. The molecule has 5 atom stereocenters. The van der Waals surface area contributed by atoms with Gasteiger partial charge in [-0.1, -0.05) is 26.0 Å². The Bertz CT molecular complexity index is 1010. The number of rotatable bonds is 4. The van der Waals surface area contributed by atoms with E-state index in [2.05, 4.69) is 10.6 Å². The van der Waals surface area contributed by atoms with E-state index in [9.17, 15) is 25.4 Å². The van der Waals surface area contributed by atoms with E-state index in [1.165, 1.54) is 7.11 Å². The number of alkyl halides is 1. The average molecular weight is 426 g/mol. The molecule has 8 nitrogen and oxygen atoms in total. The number of amides is 2. The molecule has 2 amide bonds. The summed E-state index contributed by atoms with van der Waals surface area (Å²) in [4.78, 5) is 25.5. The second kappa shape index (κ2) is 7.20. The molecule has 1 saturated carbocycles. The van der Waals surface area contributed by atoms with Crippen LogP contribution in [0.3, 0.4) is 0 Å². The quantitative estimate of drug-likeness (QED) is 0.705. The van der Waals surface area contributed by atoms with E-state index >= 15 is 0 Å². The van der Waals surface area contributed by atoms with Crippen molar-refractivity contribution in [3.05, 3.63) is 29.8 Å². The minimum atomic E-state index is -1.99. The lowest BCUT2D eigenvalue weighted by Crippen LogP contribution is -2.69. The fourth-order valence-electron chi connectivity index (χ4n) is 5.29. The SMILES string of the molecule is COc1ccc(C2C(C)C3(NC(=O)CCl)NC(=O)C(C#N)(C3C)C2(C#N)C#N)cc1. The van der Waals surface area contributed by atoms with Gasteiger partial charge in [-0.15, -0.1) is 11.6 Å². The van der Waals surface area contributed by atoms with Crippen LogP contribution >= 0.6 is 11.6 Å². The number of fused-ring (bicyclic) bond motifs is 2. The van der Waals surface area contributed by atoms with Crippen LogP contribution in [0.15, 0.2) is 24.3 Å². The van der Waals surface area contributed by atoms with Gasteiger partial charge in [0, 0.05) is 17.8 Å². The largest absolute Gasteiger partial charge is 0.497 e. The molecule has 154 valence electrons. The van der Waals surface area contributed by atoms with Gasteiger partial charge in [-0.05, 0) is 17.7 Å². The van der Waals surface area contributed by atoms with Crippen molar-refractivity contribution < 1.29 is 14.3 Å². The van der Waals surface area contributed by atoms with Gasteiger partial charge in [-0.25, -0.2) is 0 Å². The third-order valence-electron chi connectivity index (χ3n) is 6.79. The molecule has 1 saturated heterocycles. The van der Waals surface area contributed by atoms with Gasteiger partial charge in [-0.3, -0.25) is 9.59 Å². The summed E-state index contributed by atoms with van der Waals surface area (Å²) in [7, 11) is 1.51. The lowest BCUT2D eigenvalue weighted by molar-refractivity contribution is -0.130. The zero-order valence-electron chi connectivity index (χ0n) is 16.7. The van der Waals surface area contributed by atoms with Crippen molar-refractivity contribution >= 4 is 23.4 Å². The van der Waals surface area contributed by atoms with E-state index in [0.717, 1.165) is 0 Å². The molecule has 2 aliphatic rings. The number of hydrogen-bond donors (Lipinski definition) is 2. The summed E-state index contributed by atoms with van der Waals surface area (Å²) in [6.07, 6.45) is 0. The first-order valence-electron chi connectivity index (χ1n) is 9.32. The Hall–Kier alpha value is -3.28. The van der Waals surface area contributed by atoms with Gasteiger partial charge >= 0.3 is 0 Å². The Morgan fingerprint density at radius 3 is 2.27 bits per heavy atom. The van der Waals surface area contributed by atoms with E-state index in [4.69, 9.17) is 16.3 Å². The molecule has 0 aromatic heterocycles. The molecule has 0 spiro atoms. The van der Waals surface area contributed by atoms with Gasteiger partial charge in [-0.2, -0.15) is 15.8 Å². The van der Waals surface area contributed by atoms with Crippen LogP contribution in [-0.2, 0) is 9.59 Å². The highest BCUT2D eigenvalue weighted by molar-refractivity contribution is 6.27. The van der Waals surface area contributed by atoms with Crippen LogP contribution in [0.5, 0.6) is 5.75 Å². The zero-order valence-corrected chi connectivity index (χ0v) is 17.4. The van der Waals surface area contributed by atoms with Crippen LogP contribution in [0.4, 0.5) is 0 Å². The Balaban J connectivity index is 2.34. The van der Waals surface area contributed by atoms with Crippen LogP contribution in [0.25, 0.3) is 0 Å². The van der Waals surface area contributed by atoms with E-state index < -0.39 is 46.1 Å². The molecule has 1 heterocycles. The molecular weight excluding hydrogens is 406 g/mol. The van der Waals surface area contributed by atoms with Crippen molar-refractivity contribution in [2.24, 2.45) is 22.7 Å². The maximum absolute atomic E-state index is 13.2. The first-order chi connectivity index (χ1) is 14.2. The molecular formula is C21H20ClN5O3. The van der Waals surface area contributed by atoms with Crippen molar-refractivity contribution in [2.75, 3.05) is 13.0 Å². The maximum atomic E-state index is 13.2. The third kappa shape index (κ3) is 2.36. The maximum Gasteiger partial charge on any atom is 0.245 e. The number of hydrogen-bond acceptors (Lipinski definition) is 6. The van der Waals surface area contributed by atoms with E-state index in [1.807, 2.05) is 18.2 Å². The summed E-state index contributed by atoms with van der Waals surface area (Å²) in [6, 6.07) is 12.8. The summed E-state index contributed by atoms with van der Waals surface area (Å²) < 4.78 is 5.18. The van der Waals surface area contributed by atoms with E-state index in [-0.39, 0.29) is 5.88 Å². The molecule has 1 aromatic carbocycles. The number of halogens is 1. The molecule has 1 aliphatic carbocycles.